The fourth-order valence-corrected chi connectivity index (χ4v) is 2.23. The average molecular weight is 261 g/mol. The normalized spacial score (nSPS) is 18.8. The van der Waals surface area contributed by atoms with Crippen LogP contribution in [-0.4, -0.2) is 36.5 Å². The third-order valence-corrected chi connectivity index (χ3v) is 3.64. The molecule has 2 rings (SSSR count). The van der Waals surface area contributed by atoms with E-state index in [0.717, 1.165) is 25.3 Å². The van der Waals surface area contributed by atoms with E-state index in [-0.39, 0.29) is 11.7 Å². The molecule has 5 heteroatoms. The lowest BCUT2D eigenvalue weighted by atomic mass is 9.89. The molecule has 1 saturated heterocycles. The van der Waals surface area contributed by atoms with Crippen molar-refractivity contribution in [1.29, 1.82) is 5.26 Å². The average Bonchev–Trinajstić information content (AvgIpc) is 2.91. The van der Waals surface area contributed by atoms with Crippen LogP contribution < -0.4 is 5.32 Å². The zero-order valence-corrected chi connectivity index (χ0v) is 11.4. The third kappa shape index (κ3) is 2.96. The molecular weight excluding hydrogens is 242 g/mol. The molecule has 1 aromatic rings. The Labute approximate surface area is 113 Å². The van der Waals surface area contributed by atoms with Crippen LogP contribution in [0.1, 0.15) is 36.1 Å². The van der Waals surface area contributed by atoms with Crippen molar-refractivity contribution < 1.29 is 9.21 Å². The van der Waals surface area contributed by atoms with Crippen LogP contribution in [0.5, 0.6) is 0 Å². The molecular formula is C14H19N3O2. The van der Waals surface area contributed by atoms with Crippen LogP contribution in [0.4, 0.5) is 0 Å². The molecule has 0 bridgehead atoms. The van der Waals surface area contributed by atoms with E-state index in [0.29, 0.717) is 12.8 Å². The Hall–Kier alpha value is -1.80. The van der Waals surface area contributed by atoms with Gasteiger partial charge in [0.15, 0.2) is 5.76 Å². The molecule has 0 spiro atoms. The first-order valence-electron chi connectivity index (χ1n) is 6.59. The lowest BCUT2D eigenvalue weighted by Crippen LogP contribution is -2.53. The smallest absolute Gasteiger partial charge is 0.288 e. The van der Waals surface area contributed by atoms with Gasteiger partial charge in [-0.25, -0.2) is 0 Å². The molecule has 1 aromatic heterocycles. The summed E-state index contributed by atoms with van der Waals surface area (Å²) in [5.74, 6) is 0.760. The standard InChI is InChI=1S/C14H19N3O2/c1-3-11-4-5-12(19-11)13(18)16-14(10-15)6-8-17(2)9-7-14/h4-5H,3,6-9H2,1-2H3,(H,16,18). The van der Waals surface area contributed by atoms with Crippen LogP contribution >= 0.6 is 0 Å². The summed E-state index contributed by atoms with van der Waals surface area (Å²) < 4.78 is 5.41. The molecule has 1 aliphatic heterocycles. The highest BCUT2D eigenvalue weighted by Gasteiger charge is 2.36. The first-order chi connectivity index (χ1) is 9.08. The number of furan rings is 1. The van der Waals surface area contributed by atoms with E-state index in [1.54, 1.807) is 12.1 Å². The fraction of sp³-hybridized carbons (Fsp3) is 0.571. The van der Waals surface area contributed by atoms with Gasteiger partial charge in [0.1, 0.15) is 11.3 Å². The van der Waals surface area contributed by atoms with Crippen molar-refractivity contribution in [3.63, 3.8) is 0 Å². The Morgan fingerprint density at radius 2 is 2.21 bits per heavy atom. The van der Waals surface area contributed by atoms with Crippen LogP contribution in [0, 0.1) is 11.3 Å². The van der Waals surface area contributed by atoms with E-state index in [9.17, 15) is 10.1 Å². The molecule has 1 N–H and O–H groups in total. The molecule has 0 aromatic carbocycles. The second-order valence-electron chi connectivity index (χ2n) is 5.07. The summed E-state index contributed by atoms with van der Waals surface area (Å²) in [6.07, 6.45) is 2.04. The second-order valence-corrected chi connectivity index (χ2v) is 5.07. The number of likely N-dealkylation sites (tertiary alicyclic amines) is 1. The van der Waals surface area contributed by atoms with Crippen LogP contribution in [0.3, 0.4) is 0 Å². The highest BCUT2D eigenvalue weighted by molar-refractivity contribution is 5.92. The van der Waals surface area contributed by atoms with E-state index in [1.165, 1.54) is 0 Å². The number of nitrogens with zero attached hydrogens (tertiary/aromatic N) is 2. The quantitative estimate of drug-likeness (QED) is 0.896. The number of carbonyl (C=O) groups excluding carboxylic acids is 1. The lowest BCUT2D eigenvalue weighted by Gasteiger charge is -2.35. The van der Waals surface area contributed by atoms with E-state index >= 15 is 0 Å². The SMILES string of the molecule is CCc1ccc(C(=O)NC2(C#N)CCN(C)CC2)o1. The van der Waals surface area contributed by atoms with Crippen molar-refractivity contribution in [2.45, 2.75) is 31.7 Å². The van der Waals surface area contributed by atoms with Crippen LogP contribution in [-0.2, 0) is 6.42 Å². The van der Waals surface area contributed by atoms with Gasteiger partial charge < -0.3 is 14.6 Å². The summed E-state index contributed by atoms with van der Waals surface area (Å²) in [6.45, 7) is 3.59. The highest BCUT2D eigenvalue weighted by atomic mass is 16.3. The number of nitriles is 1. The minimum absolute atomic E-state index is 0.283. The van der Waals surface area contributed by atoms with Crippen molar-refractivity contribution in [2.24, 2.45) is 0 Å². The zero-order valence-electron chi connectivity index (χ0n) is 11.4. The van der Waals surface area contributed by atoms with Gasteiger partial charge in [0.05, 0.1) is 6.07 Å². The van der Waals surface area contributed by atoms with E-state index in [2.05, 4.69) is 16.3 Å². The van der Waals surface area contributed by atoms with Crippen LogP contribution in [0.15, 0.2) is 16.5 Å². The summed E-state index contributed by atoms with van der Waals surface area (Å²) in [5, 5.41) is 12.2. The van der Waals surface area contributed by atoms with E-state index < -0.39 is 5.54 Å². The summed E-state index contributed by atoms with van der Waals surface area (Å²) in [6, 6.07) is 5.71. The highest BCUT2D eigenvalue weighted by Crippen LogP contribution is 2.21. The number of hydrogen-bond acceptors (Lipinski definition) is 4. The largest absolute Gasteiger partial charge is 0.456 e. The molecule has 1 aliphatic rings. The van der Waals surface area contributed by atoms with Crippen molar-refractivity contribution in [1.82, 2.24) is 10.2 Å². The number of aryl methyl sites for hydroxylation is 1. The molecule has 0 radical (unpaired) electrons. The van der Waals surface area contributed by atoms with E-state index in [1.807, 2.05) is 14.0 Å². The molecule has 0 unspecified atom stereocenters. The predicted octanol–water partition coefficient (Wildman–Crippen LogP) is 1.56. The topological polar surface area (TPSA) is 69.3 Å². The Balaban J connectivity index is 2.06. The lowest BCUT2D eigenvalue weighted by molar-refractivity contribution is 0.0852. The maximum atomic E-state index is 12.1. The van der Waals surface area contributed by atoms with Crippen molar-refractivity contribution in [3.05, 3.63) is 23.7 Å². The molecule has 1 amide bonds. The van der Waals surface area contributed by atoms with Gasteiger partial charge in [0.25, 0.3) is 5.91 Å². The Morgan fingerprint density at radius 1 is 1.53 bits per heavy atom. The van der Waals surface area contributed by atoms with Gasteiger partial charge in [-0.2, -0.15) is 5.26 Å². The first kappa shape index (κ1) is 13.6. The van der Waals surface area contributed by atoms with Gasteiger partial charge in [0, 0.05) is 19.5 Å². The maximum Gasteiger partial charge on any atom is 0.288 e. The van der Waals surface area contributed by atoms with Crippen molar-refractivity contribution >= 4 is 5.91 Å². The number of amides is 1. The molecule has 0 atom stereocenters. The van der Waals surface area contributed by atoms with E-state index in [4.69, 9.17) is 4.42 Å². The molecule has 19 heavy (non-hydrogen) atoms. The summed E-state index contributed by atoms with van der Waals surface area (Å²) in [7, 11) is 2.02. The summed E-state index contributed by atoms with van der Waals surface area (Å²) >= 11 is 0. The van der Waals surface area contributed by atoms with Crippen molar-refractivity contribution in [3.8, 4) is 6.07 Å². The number of piperidine rings is 1. The first-order valence-corrected chi connectivity index (χ1v) is 6.59. The van der Waals surface area contributed by atoms with Gasteiger partial charge in [-0.15, -0.1) is 0 Å². The zero-order chi connectivity index (χ0) is 13.9. The molecule has 102 valence electrons. The van der Waals surface area contributed by atoms with Crippen LogP contribution in [0.2, 0.25) is 0 Å². The predicted molar refractivity (Wildman–Crippen MR) is 70.6 cm³/mol. The van der Waals surface area contributed by atoms with Gasteiger partial charge in [0.2, 0.25) is 0 Å². The Morgan fingerprint density at radius 3 is 2.74 bits per heavy atom. The van der Waals surface area contributed by atoms with Gasteiger partial charge in [-0.05, 0) is 32.0 Å². The number of nitrogens with one attached hydrogen (secondary N) is 1. The minimum Gasteiger partial charge on any atom is -0.456 e. The van der Waals surface area contributed by atoms with Gasteiger partial charge in [-0.3, -0.25) is 4.79 Å². The molecule has 5 nitrogen and oxygen atoms in total. The molecule has 0 saturated carbocycles. The Kier molecular flexibility index (Phi) is 3.91. The van der Waals surface area contributed by atoms with Gasteiger partial charge in [-0.1, -0.05) is 6.92 Å². The number of hydrogen-bond donors (Lipinski definition) is 1. The summed E-state index contributed by atoms with van der Waals surface area (Å²) in [5.41, 5.74) is -0.761. The van der Waals surface area contributed by atoms with Crippen molar-refractivity contribution in [2.75, 3.05) is 20.1 Å². The molecule has 0 aliphatic carbocycles. The minimum atomic E-state index is -0.761. The second kappa shape index (κ2) is 5.45. The fourth-order valence-electron chi connectivity index (χ4n) is 2.23. The Bertz CT molecular complexity index is 493. The number of carbonyl (C=O) groups is 1. The number of rotatable bonds is 3. The maximum absolute atomic E-state index is 12.1. The van der Waals surface area contributed by atoms with Crippen LogP contribution in [0.25, 0.3) is 0 Å². The summed E-state index contributed by atoms with van der Waals surface area (Å²) in [4.78, 5) is 14.3. The third-order valence-electron chi connectivity index (χ3n) is 3.64. The monoisotopic (exact) mass is 261 g/mol. The van der Waals surface area contributed by atoms with Gasteiger partial charge >= 0.3 is 0 Å². The molecule has 1 fully saturated rings. The molecule has 2 heterocycles.